The van der Waals surface area contributed by atoms with Crippen molar-refractivity contribution in [3.63, 3.8) is 0 Å². The van der Waals surface area contributed by atoms with Crippen LogP contribution in [0.3, 0.4) is 0 Å². The fourth-order valence-electron chi connectivity index (χ4n) is 10.2. The molecule has 62 heavy (non-hydrogen) atoms. The highest BCUT2D eigenvalue weighted by Crippen LogP contribution is 2.43. The van der Waals surface area contributed by atoms with Crippen LogP contribution in [0.2, 0.25) is 0 Å². The Labute approximate surface area is 369 Å². The Bertz CT molecular complexity index is 1650. The minimum absolute atomic E-state index is 0.0100. The highest BCUT2D eigenvalue weighted by Gasteiger charge is 2.52. The summed E-state index contributed by atoms with van der Waals surface area (Å²) in [6.07, 6.45) is 6.29. The van der Waals surface area contributed by atoms with E-state index in [0.717, 1.165) is 44.1 Å². The molecule has 0 aromatic heterocycles. The van der Waals surface area contributed by atoms with E-state index < -0.39 is 54.3 Å². The molecule has 0 spiro atoms. The van der Waals surface area contributed by atoms with E-state index in [0.29, 0.717) is 38.8 Å². The number of hydrogen-bond donors (Lipinski definition) is 3. The lowest BCUT2D eigenvalue weighted by Gasteiger charge is -2.41. The van der Waals surface area contributed by atoms with Gasteiger partial charge in [-0.05, 0) is 74.8 Å². The minimum Gasteiger partial charge on any atom is -0.467 e. The van der Waals surface area contributed by atoms with Crippen LogP contribution in [-0.4, -0.2) is 140 Å². The van der Waals surface area contributed by atoms with E-state index in [9.17, 15) is 28.8 Å². The lowest BCUT2D eigenvalue weighted by Crippen LogP contribution is -2.60. The molecule has 3 aliphatic rings. The van der Waals surface area contributed by atoms with Gasteiger partial charge >= 0.3 is 5.97 Å². The fourth-order valence-corrected chi connectivity index (χ4v) is 10.2. The number of esters is 1. The smallest absolute Gasteiger partial charge is 0.328 e. The number of rotatable bonds is 24. The molecular formula is C47H76N6O9. The van der Waals surface area contributed by atoms with Crippen LogP contribution >= 0.6 is 0 Å². The molecule has 5 amide bonds. The predicted molar refractivity (Wildman–Crippen MR) is 236 cm³/mol. The lowest BCUT2D eigenvalue weighted by atomic mass is 9.89. The number of carbonyl (C=O) groups is 6. The van der Waals surface area contributed by atoms with Crippen LogP contribution in [0.15, 0.2) is 30.3 Å². The summed E-state index contributed by atoms with van der Waals surface area (Å²) in [7, 11) is 6.07. The molecule has 348 valence electrons. The SMILES string of the molecule is CC[C@H](C)[C@@H]([C@@H](CC(=O)N1CCCC1[C@H](OC)[C@@H](C)C(=O)NC(Cc1ccccc1)C(=O)OC)OC)N(C)C(=O)C(NC(=O)[C@@H]1[C@H]2CC[C@H](C2)N1C(=O)CCCCCN)C(C)C. The first kappa shape index (κ1) is 50.6. The molecule has 1 saturated carbocycles. The van der Waals surface area contributed by atoms with Gasteiger partial charge in [0.05, 0.1) is 43.7 Å². The van der Waals surface area contributed by atoms with E-state index in [2.05, 4.69) is 10.6 Å². The summed E-state index contributed by atoms with van der Waals surface area (Å²) in [4.78, 5) is 88.3. The summed E-state index contributed by atoms with van der Waals surface area (Å²) in [6, 6.07) is 6.11. The van der Waals surface area contributed by atoms with Crippen LogP contribution in [0.25, 0.3) is 0 Å². The van der Waals surface area contributed by atoms with Crippen molar-refractivity contribution in [1.82, 2.24) is 25.3 Å². The van der Waals surface area contributed by atoms with Gasteiger partial charge in [0.15, 0.2) is 0 Å². The minimum atomic E-state index is -0.905. The third-order valence-electron chi connectivity index (χ3n) is 13.8. The number of hydrogen-bond acceptors (Lipinski definition) is 10. The maximum Gasteiger partial charge on any atom is 0.328 e. The number of methoxy groups -OCH3 is 3. The van der Waals surface area contributed by atoms with Crippen LogP contribution in [0.5, 0.6) is 0 Å². The second-order valence-corrected chi connectivity index (χ2v) is 18.2. The lowest BCUT2D eigenvalue weighted by molar-refractivity contribution is -0.149. The molecule has 1 aromatic carbocycles. The van der Waals surface area contributed by atoms with Gasteiger partial charge in [-0.25, -0.2) is 4.79 Å². The summed E-state index contributed by atoms with van der Waals surface area (Å²) >= 11 is 0. The molecule has 4 rings (SSSR count). The van der Waals surface area contributed by atoms with E-state index in [4.69, 9.17) is 19.9 Å². The van der Waals surface area contributed by atoms with Crippen molar-refractivity contribution in [2.45, 2.75) is 160 Å². The van der Waals surface area contributed by atoms with E-state index in [1.807, 2.05) is 58.0 Å². The zero-order valence-electron chi connectivity index (χ0n) is 38.8. The first-order chi connectivity index (χ1) is 29.6. The van der Waals surface area contributed by atoms with Crippen molar-refractivity contribution < 1.29 is 43.0 Å². The predicted octanol–water partition coefficient (Wildman–Crippen LogP) is 3.85. The highest BCUT2D eigenvalue weighted by atomic mass is 16.5. The van der Waals surface area contributed by atoms with Gasteiger partial charge in [0.1, 0.15) is 18.1 Å². The van der Waals surface area contributed by atoms with Crippen LogP contribution in [-0.2, 0) is 49.4 Å². The van der Waals surface area contributed by atoms with Crippen molar-refractivity contribution >= 4 is 35.5 Å². The molecule has 3 unspecified atom stereocenters. The maximum atomic E-state index is 14.6. The first-order valence-corrected chi connectivity index (χ1v) is 23.0. The molecule has 11 atom stereocenters. The average Bonchev–Trinajstić information content (AvgIpc) is 4.04. The number of ether oxygens (including phenoxy) is 3. The van der Waals surface area contributed by atoms with Gasteiger partial charge in [-0.1, -0.05) is 77.8 Å². The van der Waals surface area contributed by atoms with Crippen LogP contribution in [0.1, 0.15) is 111 Å². The van der Waals surface area contributed by atoms with E-state index in [1.165, 1.54) is 14.2 Å². The van der Waals surface area contributed by atoms with Gasteiger partial charge in [0.2, 0.25) is 29.5 Å². The van der Waals surface area contributed by atoms with Gasteiger partial charge in [-0.3, -0.25) is 24.0 Å². The number of carbonyl (C=O) groups excluding carboxylic acids is 6. The van der Waals surface area contributed by atoms with Crippen molar-refractivity contribution in [3.05, 3.63) is 35.9 Å². The highest BCUT2D eigenvalue weighted by molar-refractivity contribution is 5.93. The molecule has 2 bridgehead atoms. The number of likely N-dealkylation sites (tertiary alicyclic amines) is 2. The Morgan fingerprint density at radius 1 is 0.903 bits per heavy atom. The number of nitrogens with one attached hydrogen (secondary N) is 2. The van der Waals surface area contributed by atoms with Gasteiger partial charge < -0.3 is 45.3 Å². The first-order valence-electron chi connectivity index (χ1n) is 23.0. The molecule has 2 saturated heterocycles. The normalized spacial score (nSPS) is 23.0. The maximum absolute atomic E-state index is 14.6. The van der Waals surface area contributed by atoms with Crippen molar-refractivity contribution in [2.24, 2.45) is 29.4 Å². The molecule has 2 heterocycles. The van der Waals surface area contributed by atoms with Gasteiger partial charge in [0, 0.05) is 46.7 Å². The quantitative estimate of drug-likeness (QED) is 0.102. The molecule has 1 aliphatic carbocycles. The van der Waals surface area contributed by atoms with Gasteiger partial charge in [-0.15, -0.1) is 0 Å². The summed E-state index contributed by atoms with van der Waals surface area (Å²) < 4.78 is 17.0. The van der Waals surface area contributed by atoms with Crippen molar-refractivity contribution in [2.75, 3.05) is 41.5 Å². The van der Waals surface area contributed by atoms with Gasteiger partial charge in [-0.2, -0.15) is 0 Å². The largest absolute Gasteiger partial charge is 0.467 e. The third-order valence-corrected chi connectivity index (χ3v) is 13.8. The van der Waals surface area contributed by atoms with E-state index in [1.54, 1.807) is 35.8 Å². The zero-order chi connectivity index (χ0) is 45.7. The fraction of sp³-hybridized carbons (Fsp3) is 0.745. The average molecular weight is 869 g/mol. The van der Waals surface area contributed by atoms with Crippen molar-refractivity contribution in [1.29, 1.82) is 0 Å². The summed E-state index contributed by atoms with van der Waals surface area (Å²) in [5, 5.41) is 5.95. The summed E-state index contributed by atoms with van der Waals surface area (Å²) in [6.45, 7) is 10.6. The molecule has 0 radical (unpaired) electrons. The molecule has 1 aromatic rings. The number of fused-ring (bicyclic) bond motifs is 2. The molecule has 4 N–H and O–H groups in total. The Hall–Kier alpha value is -4.08. The molecule has 3 fully saturated rings. The Kier molecular flexibility index (Phi) is 19.7. The molecule has 15 heteroatoms. The van der Waals surface area contributed by atoms with Crippen LogP contribution in [0.4, 0.5) is 0 Å². The second-order valence-electron chi connectivity index (χ2n) is 18.2. The van der Waals surface area contributed by atoms with E-state index >= 15 is 0 Å². The zero-order valence-corrected chi connectivity index (χ0v) is 38.8. The summed E-state index contributed by atoms with van der Waals surface area (Å²) in [5.74, 6) is -2.71. The number of likely N-dealkylation sites (N-methyl/N-ethyl adjacent to an activating group) is 1. The second kappa shape index (κ2) is 24.1. The Morgan fingerprint density at radius 3 is 2.23 bits per heavy atom. The van der Waals surface area contributed by atoms with Gasteiger partial charge in [0.25, 0.3) is 0 Å². The Morgan fingerprint density at radius 2 is 1.61 bits per heavy atom. The number of benzene rings is 1. The molecule has 15 nitrogen and oxygen atoms in total. The van der Waals surface area contributed by atoms with Crippen LogP contribution < -0.4 is 16.4 Å². The summed E-state index contributed by atoms with van der Waals surface area (Å²) in [5.41, 5.74) is 6.52. The monoisotopic (exact) mass is 869 g/mol. The molecule has 2 aliphatic heterocycles. The number of amides is 5. The number of piperidine rings is 1. The van der Waals surface area contributed by atoms with Crippen LogP contribution in [0, 0.1) is 23.7 Å². The number of unbranched alkanes of at least 4 members (excludes halogenated alkanes) is 2. The standard InChI is InChI=1S/C47H76N6O9/c1-10-30(4)41(51(6)46(58)40(29(2)3)50-45(57)42-33-22-23-34(27-33)53(42)38(54)21-15-12-16-24-48)37(60-7)28-39(55)52-25-17-20-36(52)43(61-8)31(5)44(56)49-35(47(59)62-9)26-32-18-13-11-14-19-32/h11,13-14,18-19,29-31,33-37,40-43H,10,12,15-17,20-28,48H2,1-9H3,(H,49,56)(H,50,57)/t30-,31+,33-,34+,35?,36?,37+,40?,41-,42-,43+/m0/s1. The topological polar surface area (TPSA) is 190 Å². The number of nitrogens with two attached hydrogens (primary N) is 1. The Balaban J connectivity index is 1.47. The molecular weight excluding hydrogens is 793 g/mol. The van der Waals surface area contributed by atoms with Crippen molar-refractivity contribution in [3.8, 4) is 0 Å². The van der Waals surface area contributed by atoms with E-state index in [-0.39, 0.29) is 66.2 Å². The third kappa shape index (κ3) is 12.3. The number of nitrogens with zero attached hydrogens (tertiary/aromatic N) is 3.